The first-order chi connectivity index (χ1) is 5.63. The molecule has 1 rings (SSSR count). The predicted molar refractivity (Wildman–Crippen MR) is 53.1 cm³/mol. The van der Waals surface area contributed by atoms with Gasteiger partial charge in [-0.1, -0.05) is 0 Å². The molecule has 1 amide bonds. The number of carbonyl (C=O) groups is 1. The van der Waals surface area contributed by atoms with Gasteiger partial charge in [0.25, 0.3) is 0 Å². The average molecular weight is 209 g/mol. The van der Waals surface area contributed by atoms with Gasteiger partial charge in [-0.25, -0.2) is 0 Å². The molecule has 1 aliphatic heterocycles. The molecule has 0 radical (unpaired) electrons. The summed E-state index contributed by atoms with van der Waals surface area (Å²) in [6, 6.07) is -0.172. The third kappa shape index (κ3) is 3.14. The quantitative estimate of drug-likeness (QED) is 0.653. The highest BCUT2D eigenvalue weighted by Gasteiger charge is 2.28. The molecular weight excluding hydrogens is 192 g/mol. The minimum Gasteiger partial charge on any atom is -0.375 e. The maximum atomic E-state index is 11.5. The Morgan fingerprint density at radius 2 is 2.15 bits per heavy atom. The second kappa shape index (κ2) is 5.42. The summed E-state index contributed by atoms with van der Waals surface area (Å²) in [5, 5.41) is 3.13. The van der Waals surface area contributed by atoms with Crippen LogP contribution in [-0.4, -0.2) is 50.2 Å². The van der Waals surface area contributed by atoms with Gasteiger partial charge in [-0.15, -0.1) is 12.4 Å². The lowest BCUT2D eigenvalue weighted by Gasteiger charge is -2.30. The van der Waals surface area contributed by atoms with Crippen molar-refractivity contribution in [3.8, 4) is 0 Å². The van der Waals surface area contributed by atoms with E-state index in [-0.39, 0.29) is 30.5 Å². The van der Waals surface area contributed by atoms with Crippen LogP contribution in [-0.2, 0) is 9.53 Å². The molecule has 0 unspecified atom stereocenters. The summed E-state index contributed by atoms with van der Waals surface area (Å²) in [6.07, 6.45) is -0.0198. The Kier molecular flexibility index (Phi) is 5.29. The highest BCUT2D eigenvalue weighted by molar-refractivity contribution is 5.85. The van der Waals surface area contributed by atoms with E-state index in [9.17, 15) is 4.79 Å². The van der Waals surface area contributed by atoms with E-state index in [0.717, 1.165) is 6.54 Å². The van der Waals surface area contributed by atoms with Crippen LogP contribution in [0, 0.1) is 0 Å². The number of morpholine rings is 1. The molecule has 0 bridgehead atoms. The van der Waals surface area contributed by atoms with Gasteiger partial charge in [0.2, 0.25) is 5.91 Å². The first-order valence-corrected chi connectivity index (χ1v) is 4.19. The topological polar surface area (TPSA) is 41.6 Å². The molecule has 0 spiro atoms. The number of carbonyl (C=O) groups excluding carboxylic acids is 1. The SMILES string of the molecule is C[C@H]1OCCN[C@@H]1C(=O)N(C)C.Cl. The van der Waals surface area contributed by atoms with Crippen LogP contribution in [0.2, 0.25) is 0 Å². The van der Waals surface area contributed by atoms with E-state index in [1.165, 1.54) is 0 Å². The lowest BCUT2D eigenvalue weighted by Crippen LogP contribution is -2.55. The summed E-state index contributed by atoms with van der Waals surface area (Å²) in [6.45, 7) is 3.37. The molecule has 0 aliphatic carbocycles. The molecule has 1 fully saturated rings. The number of nitrogens with zero attached hydrogens (tertiary/aromatic N) is 1. The van der Waals surface area contributed by atoms with Crippen LogP contribution in [0.5, 0.6) is 0 Å². The Morgan fingerprint density at radius 1 is 1.54 bits per heavy atom. The summed E-state index contributed by atoms with van der Waals surface area (Å²) >= 11 is 0. The van der Waals surface area contributed by atoms with Crippen LogP contribution in [0.1, 0.15) is 6.92 Å². The van der Waals surface area contributed by atoms with Gasteiger partial charge in [-0.2, -0.15) is 0 Å². The first kappa shape index (κ1) is 12.7. The Hall–Kier alpha value is -0.320. The molecule has 1 heterocycles. The Balaban J connectivity index is 0.00000144. The Labute approximate surface area is 85.0 Å². The van der Waals surface area contributed by atoms with Gasteiger partial charge in [0.15, 0.2) is 0 Å². The highest BCUT2D eigenvalue weighted by atomic mass is 35.5. The van der Waals surface area contributed by atoms with Crippen molar-refractivity contribution in [2.75, 3.05) is 27.2 Å². The lowest BCUT2D eigenvalue weighted by atomic mass is 10.1. The minimum atomic E-state index is -0.172. The minimum absolute atomic E-state index is 0. The van der Waals surface area contributed by atoms with Crippen LogP contribution in [0.15, 0.2) is 0 Å². The van der Waals surface area contributed by atoms with Gasteiger partial charge >= 0.3 is 0 Å². The highest BCUT2D eigenvalue weighted by Crippen LogP contribution is 2.05. The summed E-state index contributed by atoms with van der Waals surface area (Å²) < 4.78 is 5.35. The molecule has 1 N–H and O–H groups in total. The van der Waals surface area contributed by atoms with Gasteiger partial charge in [-0.3, -0.25) is 4.79 Å². The van der Waals surface area contributed by atoms with Crippen LogP contribution < -0.4 is 5.32 Å². The fourth-order valence-electron chi connectivity index (χ4n) is 1.29. The number of likely N-dealkylation sites (N-methyl/N-ethyl adjacent to an activating group) is 1. The molecule has 78 valence electrons. The third-order valence-corrected chi connectivity index (χ3v) is 2.02. The largest absolute Gasteiger partial charge is 0.375 e. The zero-order valence-corrected chi connectivity index (χ0v) is 9.06. The van der Waals surface area contributed by atoms with Crippen molar-refractivity contribution in [1.82, 2.24) is 10.2 Å². The second-order valence-electron chi connectivity index (χ2n) is 3.24. The van der Waals surface area contributed by atoms with Crippen molar-refractivity contribution in [1.29, 1.82) is 0 Å². The average Bonchev–Trinajstić information content (AvgIpc) is 2.04. The van der Waals surface area contributed by atoms with Gasteiger partial charge in [-0.05, 0) is 6.92 Å². The van der Waals surface area contributed by atoms with E-state index < -0.39 is 0 Å². The van der Waals surface area contributed by atoms with Crippen LogP contribution >= 0.6 is 12.4 Å². The number of hydrogen-bond donors (Lipinski definition) is 1. The van der Waals surface area contributed by atoms with E-state index in [1.54, 1.807) is 19.0 Å². The fourth-order valence-corrected chi connectivity index (χ4v) is 1.29. The van der Waals surface area contributed by atoms with Crippen molar-refractivity contribution in [3.63, 3.8) is 0 Å². The zero-order chi connectivity index (χ0) is 9.14. The molecule has 0 aromatic heterocycles. The van der Waals surface area contributed by atoms with Crippen molar-refractivity contribution in [2.45, 2.75) is 19.1 Å². The lowest BCUT2D eigenvalue weighted by molar-refractivity contribution is -0.136. The first-order valence-electron chi connectivity index (χ1n) is 4.19. The molecule has 0 aromatic carbocycles. The van der Waals surface area contributed by atoms with Crippen molar-refractivity contribution in [3.05, 3.63) is 0 Å². The van der Waals surface area contributed by atoms with Crippen LogP contribution in [0.3, 0.4) is 0 Å². The number of ether oxygens (including phenoxy) is 1. The maximum absolute atomic E-state index is 11.5. The number of rotatable bonds is 1. The molecule has 5 heteroatoms. The summed E-state index contributed by atoms with van der Waals surface area (Å²) in [5.41, 5.74) is 0. The van der Waals surface area contributed by atoms with E-state index in [4.69, 9.17) is 4.74 Å². The number of nitrogens with one attached hydrogen (secondary N) is 1. The molecule has 1 aliphatic rings. The van der Waals surface area contributed by atoms with Crippen LogP contribution in [0.4, 0.5) is 0 Å². The number of amides is 1. The normalized spacial score (nSPS) is 27.6. The van der Waals surface area contributed by atoms with Crippen molar-refractivity contribution >= 4 is 18.3 Å². The maximum Gasteiger partial charge on any atom is 0.241 e. The van der Waals surface area contributed by atoms with Gasteiger partial charge < -0.3 is 15.0 Å². The van der Waals surface area contributed by atoms with Gasteiger partial charge in [0.05, 0.1) is 12.7 Å². The van der Waals surface area contributed by atoms with Crippen molar-refractivity contribution < 1.29 is 9.53 Å². The van der Waals surface area contributed by atoms with Crippen molar-refractivity contribution in [2.24, 2.45) is 0 Å². The fraction of sp³-hybridized carbons (Fsp3) is 0.875. The summed E-state index contributed by atoms with van der Waals surface area (Å²) in [5.74, 6) is 0.0854. The standard InChI is InChI=1S/C8H16N2O2.ClH/c1-6-7(8(11)10(2)3)9-4-5-12-6;/h6-7,9H,4-5H2,1-3H3;1H/t6-,7+;/m1./s1. The summed E-state index contributed by atoms with van der Waals surface area (Å²) in [4.78, 5) is 13.1. The smallest absolute Gasteiger partial charge is 0.241 e. The van der Waals surface area contributed by atoms with E-state index in [0.29, 0.717) is 6.61 Å². The molecule has 4 nitrogen and oxygen atoms in total. The van der Waals surface area contributed by atoms with Gasteiger partial charge in [0, 0.05) is 20.6 Å². The molecule has 13 heavy (non-hydrogen) atoms. The molecule has 2 atom stereocenters. The number of hydrogen-bond acceptors (Lipinski definition) is 3. The second-order valence-corrected chi connectivity index (χ2v) is 3.24. The van der Waals surface area contributed by atoms with E-state index >= 15 is 0 Å². The van der Waals surface area contributed by atoms with Gasteiger partial charge in [0.1, 0.15) is 6.04 Å². The van der Waals surface area contributed by atoms with E-state index in [2.05, 4.69) is 5.32 Å². The molecule has 1 saturated heterocycles. The molecule has 0 aromatic rings. The number of halogens is 1. The molecule has 0 saturated carbocycles. The Morgan fingerprint density at radius 3 is 2.62 bits per heavy atom. The molecular formula is C8H17ClN2O2. The third-order valence-electron chi connectivity index (χ3n) is 2.02. The predicted octanol–water partition coefficient (Wildman–Crippen LogP) is -0.127. The summed E-state index contributed by atoms with van der Waals surface area (Å²) in [7, 11) is 3.51. The van der Waals surface area contributed by atoms with E-state index in [1.807, 2.05) is 6.92 Å². The van der Waals surface area contributed by atoms with Crippen LogP contribution in [0.25, 0.3) is 0 Å². The zero-order valence-electron chi connectivity index (χ0n) is 8.24. The Bertz CT molecular complexity index is 176. The monoisotopic (exact) mass is 208 g/mol.